The maximum atomic E-state index is 12.8. The second kappa shape index (κ2) is 5.60. The molecule has 0 spiro atoms. The molecule has 2 atom stereocenters. The van der Waals surface area contributed by atoms with Gasteiger partial charge in [0.1, 0.15) is 6.54 Å². The van der Waals surface area contributed by atoms with E-state index in [4.69, 9.17) is 4.74 Å². The highest BCUT2D eigenvalue weighted by Gasteiger charge is 2.33. The van der Waals surface area contributed by atoms with Crippen molar-refractivity contribution in [3.63, 3.8) is 0 Å². The Morgan fingerprint density at radius 3 is 2.50 bits per heavy atom. The van der Waals surface area contributed by atoms with Gasteiger partial charge < -0.3 is 9.64 Å². The zero-order chi connectivity index (χ0) is 16.8. The third-order valence-corrected chi connectivity index (χ3v) is 4.71. The quantitative estimate of drug-likeness (QED) is 0.852. The Hall–Kier alpha value is -2.40. The number of hydrogen-bond acceptors (Lipinski definition) is 3. The number of rotatable bonds is 2. The number of hydrogen-bond donors (Lipinski definition) is 0. The number of morpholine rings is 1. The minimum absolute atomic E-state index is 0.0209. The molecule has 1 fully saturated rings. The summed E-state index contributed by atoms with van der Waals surface area (Å²) in [5.41, 5.74) is 1.51. The summed E-state index contributed by atoms with van der Waals surface area (Å²) >= 11 is 0. The van der Waals surface area contributed by atoms with Crippen LogP contribution in [0.5, 0.6) is 0 Å². The van der Waals surface area contributed by atoms with Crippen molar-refractivity contribution in [2.45, 2.75) is 26.1 Å². The third-order valence-electron chi connectivity index (χ3n) is 4.71. The molecule has 2 aromatic rings. The van der Waals surface area contributed by atoms with Gasteiger partial charge in [-0.15, -0.1) is 0 Å². The Labute approximate surface area is 140 Å². The van der Waals surface area contributed by atoms with Crippen LogP contribution in [-0.4, -0.2) is 48.6 Å². The van der Waals surface area contributed by atoms with Crippen molar-refractivity contribution in [3.05, 3.63) is 42.0 Å². The zero-order valence-corrected chi connectivity index (χ0v) is 13.9. The summed E-state index contributed by atoms with van der Waals surface area (Å²) in [5, 5.41) is 1.98. The molecule has 124 valence electrons. The molecule has 1 saturated heterocycles. The van der Waals surface area contributed by atoms with Gasteiger partial charge in [-0.05, 0) is 31.4 Å². The van der Waals surface area contributed by atoms with Crippen LogP contribution in [0.4, 0.5) is 5.69 Å². The van der Waals surface area contributed by atoms with Crippen molar-refractivity contribution in [3.8, 4) is 0 Å². The number of carbonyl (C=O) groups excluding carboxylic acids is 2. The molecular weight excluding hydrogens is 304 g/mol. The van der Waals surface area contributed by atoms with Crippen LogP contribution in [0, 0.1) is 0 Å². The van der Waals surface area contributed by atoms with Gasteiger partial charge in [0.2, 0.25) is 5.91 Å². The van der Waals surface area contributed by atoms with E-state index in [0.717, 1.165) is 16.5 Å². The van der Waals surface area contributed by atoms with E-state index < -0.39 is 0 Å². The molecule has 2 aliphatic rings. The fraction of sp³-hybridized carbons (Fsp3) is 0.368. The summed E-state index contributed by atoms with van der Waals surface area (Å²) in [6, 6.07) is 11.5. The van der Waals surface area contributed by atoms with E-state index in [0.29, 0.717) is 18.7 Å². The second-order valence-corrected chi connectivity index (χ2v) is 6.63. The largest absolute Gasteiger partial charge is 0.372 e. The predicted octanol–water partition coefficient (Wildman–Crippen LogP) is 2.44. The number of ether oxygens (including phenoxy) is 1. The molecule has 24 heavy (non-hydrogen) atoms. The van der Waals surface area contributed by atoms with Gasteiger partial charge in [0.15, 0.2) is 0 Å². The van der Waals surface area contributed by atoms with Gasteiger partial charge in [-0.3, -0.25) is 14.5 Å². The molecule has 2 aromatic carbocycles. The van der Waals surface area contributed by atoms with E-state index in [-0.39, 0.29) is 30.6 Å². The highest BCUT2D eigenvalue weighted by Crippen LogP contribution is 2.37. The maximum absolute atomic E-state index is 12.8. The van der Waals surface area contributed by atoms with E-state index >= 15 is 0 Å². The molecule has 5 heteroatoms. The van der Waals surface area contributed by atoms with E-state index in [1.165, 1.54) is 0 Å². The summed E-state index contributed by atoms with van der Waals surface area (Å²) in [4.78, 5) is 28.9. The maximum Gasteiger partial charge on any atom is 0.259 e. The van der Waals surface area contributed by atoms with Crippen molar-refractivity contribution in [2.75, 3.05) is 24.5 Å². The van der Waals surface area contributed by atoms with Gasteiger partial charge in [0.05, 0.1) is 17.9 Å². The molecule has 0 bridgehead atoms. The molecule has 0 aliphatic carbocycles. The van der Waals surface area contributed by atoms with Crippen LogP contribution in [0.1, 0.15) is 24.2 Å². The standard InChI is InChI=1S/C19H20N2O3/c1-12-9-20(10-13(2)24-12)17(22)11-21-16-8-4-6-14-5-3-7-15(18(14)16)19(21)23/h3-8,12-13H,9-11H2,1-2H3/t12-,13+. The van der Waals surface area contributed by atoms with E-state index in [9.17, 15) is 9.59 Å². The van der Waals surface area contributed by atoms with Crippen LogP contribution >= 0.6 is 0 Å². The smallest absolute Gasteiger partial charge is 0.259 e. The minimum Gasteiger partial charge on any atom is -0.372 e. The van der Waals surface area contributed by atoms with Crippen LogP contribution in [0.3, 0.4) is 0 Å². The Morgan fingerprint density at radius 1 is 1.12 bits per heavy atom. The average Bonchev–Trinajstić information content (AvgIpc) is 2.82. The van der Waals surface area contributed by atoms with Crippen LogP contribution in [0.2, 0.25) is 0 Å². The van der Waals surface area contributed by atoms with Gasteiger partial charge >= 0.3 is 0 Å². The number of benzene rings is 2. The number of anilines is 1. The van der Waals surface area contributed by atoms with Crippen molar-refractivity contribution in [1.82, 2.24) is 4.90 Å². The van der Waals surface area contributed by atoms with Gasteiger partial charge in [0.25, 0.3) is 5.91 Å². The molecule has 4 rings (SSSR count). The molecule has 2 heterocycles. The second-order valence-electron chi connectivity index (χ2n) is 6.63. The molecule has 2 aliphatic heterocycles. The minimum atomic E-state index is -0.0930. The Bertz CT molecular complexity index is 817. The summed E-state index contributed by atoms with van der Waals surface area (Å²) in [6.07, 6.45) is 0.0419. The molecule has 0 unspecified atom stereocenters. The molecule has 0 saturated carbocycles. The first-order chi connectivity index (χ1) is 11.5. The molecule has 5 nitrogen and oxygen atoms in total. The van der Waals surface area contributed by atoms with Gasteiger partial charge in [-0.1, -0.05) is 24.3 Å². The Kier molecular flexibility index (Phi) is 3.53. The fourth-order valence-electron chi connectivity index (χ4n) is 3.75. The lowest BCUT2D eigenvalue weighted by atomic mass is 10.1. The van der Waals surface area contributed by atoms with E-state index in [1.807, 2.05) is 50.2 Å². The van der Waals surface area contributed by atoms with Crippen molar-refractivity contribution in [1.29, 1.82) is 0 Å². The summed E-state index contributed by atoms with van der Waals surface area (Å²) in [6.45, 7) is 5.15. The predicted molar refractivity (Wildman–Crippen MR) is 92.2 cm³/mol. The third kappa shape index (κ3) is 2.36. The van der Waals surface area contributed by atoms with E-state index in [1.54, 1.807) is 9.80 Å². The fourth-order valence-corrected chi connectivity index (χ4v) is 3.75. The van der Waals surface area contributed by atoms with Crippen LogP contribution < -0.4 is 4.90 Å². The van der Waals surface area contributed by atoms with Gasteiger partial charge in [-0.25, -0.2) is 0 Å². The lowest BCUT2D eigenvalue weighted by Gasteiger charge is -2.36. The average molecular weight is 324 g/mol. The lowest BCUT2D eigenvalue weighted by Crippen LogP contribution is -2.51. The van der Waals surface area contributed by atoms with Crippen LogP contribution in [0.25, 0.3) is 10.8 Å². The summed E-state index contributed by atoms with van der Waals surface area (Å²) in [5.74, 6) is -0.125. The lowest BCUT2D eigenvalue weighted by molar-refractivity contribution is -0.141. The SMILES string of the molecule is C[C@@H]1CN(C(=O)CN2C(=O)c3cccc4cccc2c34)C[C@H](C)O1. The summed E-state index contributed by atoms with van der Waals surface area (Å²) in [7, 11) is 0. The molecule has 0 radical (unpaired) electrons. The van der Waals surface area contributed by atoms with Gasteiger partial charge in [-0.2, -0.15) is 0 Å². The molecular formula is C19H20N2O3. The Balaban J connectivity index is 1.61. The summed E-state index contributed by atoms with van der Waals surface area (Å²) < 4.78 is 5.68. The molecule has 0 N–H and O–H groups in total. The highest BCUT2D eigenvalue weighted by atomic mass is 16.5. The zero-order valence-electron chi connectivity index (χ0n) is 13.9. The van der Waals surface area contributed by atoms with Gasteiger partial charge in [0, 0.05) is 24.0 Å². The number of amides is 2. The first-order valence-electron chi connectivity index (χ1n) is 8.31. The monoisotopic (exact) mass is 324 g/mol. The van der Waals surface area contributed by atoms with Crippen LogP contribution in [0.15, 0.2) is 36.4 Å². The van der Waals surface area contributed by atoms with Crippen LogP contribution in [-0.2, 0) is 9.53 Å². The highest BCUT2D eigenvalue weighted by molar-refractivity contribution is 6.26. The van der Waals surface area contributed by atoms with Crippen molar-refractivity contribution < 1.29 is 14.3 Å². The number of carbonyl (C=O) groups is 2. The molecule has 0 aromatic heterocycles. The normalized spacial score (nSPS) is 23.2. The van der Waals surface area contributed by atoms with Crippen molar-refractivity contribution >= 4 is 28.3 Å². The number of nitrogens with zero attached hydrogens (tertiary/aromatic N) is 2. The topological polar surface area (TPSA) is 49.9 Å². The molecule has 2 amide bonds. The Morgan fingerprint density at radius 2 is 1.79 bits per heavy atom. The first-order valence-corrected chi connectivity index (χ1v) is 8.31. The van der Waals surface area contributed by atoms with E-state index in [2.05, 4.69) is 0 Å². The van der Waals surface area contributed by atoms with Crippen molar-refractivity contribution in [2.24, 2.45) is 0 Å². The first kappa shape index (κ1) is 15.1.